The molecule has 0 aromatic heterocycles. The van der Waals surface area contributed by atoms with Crippen LogP contribution in [-0.4, -0.2) is 24.0 Å². The number of benzene rings is 1. The molecule has 18 heavy (non-hydrogen) atoms. The quantitative estimate of drug-likeness (QED) is 0.915. The van der Waals surface area contributed by atoms with Gasteiger partial charge >= 0.3 is 0 Å². The smallest absolute Gasteiger partial charge is 0.123 e. The van der Waals surface area contributed by atoms with Gasteiger partial charge in [0.05, 0.1) is 0 Å². The van der Waals surface area contributed by atoms with Crippen LogP contribution in [0.25, 0.3) is 0 Å². The average molecular weight is 271 g/mol. The van der Waals surface area contributed by atoms with Crippen LogP contribution < -0.4 is 5.73 Å². The summed E-state index contributed by atoms with van der Waals surface area (Å²) < 4.78 is 13.2. The van der Waals surface area contributed by atoms with Crippen LogP contribution in [0.1, 0.15) is 25.3 Å². The van der Waals surface area contributed by atoms with E-state index in [1.165, 1.54) is 18.6 Å². The topological polar surface area (TPSA) is 29.3 Å². The number of nitrogens with two attached hydrogens (primary N) is 1. The number of halogens is 2. The van der Waals surface area contributed by atoms with E-state index in [0.29, 0.717) is 17.5 Å². The molecule has 4 heteroatoms. The molecule has 1 aliphatic heterocycles. The first-order valence-corrected chi connectivity index (χ1v) is 6.86. The van der Waals surface area contributed by atoms with Crippen molar-refractivity contribution in [1.82, 2.24) is 4.90 Å². The van der Waals surface area contributed by atoms with Crippen LogP contribution in [0.5, 0.6) is 0 Å². The van der Waals surface area contributed by atoms with Gasteiger partial charge < -0.3 is 5.73 Å². The minimum absolute atomic E-state index is 0.218. The minimum Gasteiger partial charge on any atom is -0.328 e. The molecule has 2 rings (SSSR count). The molecule has 0 aliphatic carbocycles. The van der Waals surface area contributed by atoms with E-state index >= 15 is 0 Å². The van der Waals surface area contributed by atoms with E-state index in [9.17, 15) is 4.39 Å². The third kappa shape index (κ3) is 3.44. The molecule has 0 saturated carbocycles. The number of nitrogens with zero attached hydrogens (tertiary/aromatic N) is 1. The van der Waals surface area contributed by atoms with Gasteiger partial charge in [0.1, 0.15) is 5.82 Å². The molecular formula is C14H20ClFN2. The number of hydrogen-bond donors (Lipinski definition) is 1. The second-order valence-corrected chi connectivity index (χ2v) is 5.64. The highest BCUT2D eigenvalue weighted by atomic mass is 35.5. The predicted molar refractivity (Wildman–Crippen MR) is 73.1 cm³/mol. The molecule has 2 unspecified atom stereocenters. The maximum absolute atomic E-state index is 13.2. The zero-order valence-corrected chi connectivity index (χ0v) is 11.5. The van der Waals surface area contributed by atoms with E-state index < -0.39 is 0 Å². The lowest BCUT2D eigenvalue weighted by Crippen LogP contribution is -2.41. The lowest BCUT2D eigenvalue weighted by atomic mass is 9.92. The first-order chi connectivity index (χ1) is 8.56. The third-order valence-corrected chi connectivity index (χ3v) is 4.06. The Bertz CT molecular complexity index is 409. The summed E-state index contributed by atoms with van der Waals surface area (Å²) in [5, 5.41) is 0.638. The summed E-state index contributed by atoms with van der Waals surface area (Å²) in [5.41, 5.74) is 6.83. The fraction of sp³-hybridized carbons (Fsp3) is 0.571. The van der Waals surface area contributed by atoms with Crippen molar-refractivity contribution < 1.29 is 4.39 Å². The zero-order chi connectivity index (χ0) is 13.1. The van der Waals surface area contributed by atoms with Gasteiger partial charge in [-0.05, 0) is 56.0 Å². The summed E-state index contributed by atoms with van der Waals surface area (Å²) in [6, 6.07) is 4.76. The second-order valence-electron chi connectivity index (χ2n) is 5.23. The molecule has 1 saturated heterocycles. The SMILES string of the molecule is CC(N)C1CCCN(Cc2cc(F)ccc2Cl)C1. The molecule has 0 amide bonds. The fourth-order valence-electron chi connectivity index (χ4n) is 2.57. The maximum Gasteiger partial charge on any atom is 0.123 e. The lowest BCUT2D eigenvalue weighted by Gasteiger charge is -2.34. The minimum atomic E-state index is -0.227. The molecule has 1 fully saturated rings. The van der Waals surface area contributed by atoms with Crippen molar-refractivity contribution in [3.8, 4) is 0 Å². The van der Waals surface area contributed by atoms with E-state index in [2.05, 4.69) is 11.8 Å². The Kier molecular flexibility index (Phi) is 4.60. The monoisotopic (exact) mass is 270 g/mol. The van der Waals surface area contributed by atoms with Crippen molar-refractivity contribution in [3.63, 3.8) is 0 Å². The van der Waals surface area contributed by atoms with Crippen LogP contribution in [0.2, 0.25) is 5.02 Å². The summed E-state index contributed by atoms with van der Waals surface area (Å²) in [5.74, 6) is 0.307. The van der Waals surface area contributed by atoms with E-state index in [0.717, 1.165) is 25.1 Å². The second kappa shape index (κ2) is 6.00. The van der Waals surface area contributed by atoms with E-state index in [4.69, 9.17) is 17.3 Å². The van der Waals surface area contributed by atoms with Gasteiger partial charge in [0, 0.05) is 24.2 Å². The molecule has 0 bridgehead atoms. The first-order valence-electron chi connectivity index (χ1n) is 6.48. The molecule has 0 radical (unpaired) electrons. The molecule has 0 spiro atoms. The van der Waals surface area contributed by atoms with Gasteiger partial charge in [0.25, 0.3) is 0 Å². The van der Waals surface area contributed by atoms with Gasteiger partial charge in [-0.2, -0.15) is 0 Å². The molecule has 2 atom stereocenters. The van der Waals surface area contributed by atoms with Crippen molar-refractivity contribution in [2.45, 2.75) is 32.4 Å². The van der Waals surface area contributed by atoms with Crippen molar-refractivity contribution >= 4 is 11.6 Å². The predicted octanol–water partition coefficient (Wildman–Crippen LogP) is 3.04. The third-order valence-electron chi connectivity index (χ3n) is 3.69. The Hall–Kier alpha value is -0.640. The highest BCUT2D eigenvalue weighted by Crippen LogP contribution is 2.23. The number of hydrogen-bond acceptors (Lipinski definition) is 2. The summed E-state index contributed by atoms with van der Waals surface area (Å²) in [6.45, 7) is 4.78. The Morgan fingerprint density at radius 1 is 1.56 bits per heavy atom. The Morgan fingerprint density at radius 3 is 3.06 bits per heavy atom. The fourth-order valence-corrected chi connectivity index (χ4v) is 2.75. The summed E-state index contributed by atoms with van der Waals surface area (Å²) >= 11 is 6.10. The van der Waals surface area contributed by atoms with Crippen molar-refractivity contribution in [2.75, 3.05) is 13.1 Å². The molecule has 1 aliphatic rings. The molecular weight excluding hydrogens is 251 g/mol. The Morgan fingerprint density at radius 2 is 2.33 bits per heavy atom. The molecule has 1 aromatic rings. The van der Waals surface area contributed by atoms with Crippen LogP contribution in [0, 0.1) is 11.7 Å². The summed E-state index contributed by atoms with van der Waals surface area (Å²) in [6.07, 6.45) is 2.34. The highest BCUT2D eigenvalue weighted by Gasteiger charge is 2.23. The van der Waals surface area contributed by atoms with Gasteiger partial charge in [-0.25, -0.2) is 4.39 Å². The number of rotatable bonds is 3. The van der Waals surface area contributed by atoms with Crippen LogP contribution >= 0.6 is 11.6 Å². The van der Waals surface area contributed by atoms with Crippen LogP contribution in [-0.2, 0) is 6.54 Å². The standard InChI is InChI=1S/C14H20ClFN2/c1-10(17)11-3-2-6-18(8-11)9-12-7-13(16)4-5-14(12)15/h4-5,7,10-11H,2-3,6,8-9,17H2,1H3. The normalized spacial score (nSPS) is 23.0. The lowest BCUT2D eigenvalue weighted by molar-refractivity contribution is 0.154. The Labute approximate surface area is 113 Å². The summed E-state index contributed by atoms with van der Waals surface area (Å²) in [7, 11) is 0. The first kappa shape index (κ1) is 13.8. The van der Waals surface area contributed by atoms with E-state index in [-0.39, 0.29) is 11.9 Å². The van der Waals surface area contributed by atoms with Gasteiger partial charge in [0.2, 0.25) is 0 Å². The highest BCUT2D eigenvalue weighted by molar-refractivity contribution is 6.31. The summed E-state index contributed by atoms with van der Waals surface area (Å²) in [4.78, 5) is 2.32. The largest absolute Gasteiger partial charge is 0.328 e. The van der Waals surface area contributed by atoms with Crippen LogP contribution in [0.4, 0.5) is 4.39 Å². The maximum atomic E-state index is 13.2. The Balaban J connectivity index is 2.02. The molecule has 100 valence electrons. The zero-order valence-electron chi connectivity index (χ0n) is 10.7. The average Bonchev–Trinajstić information content (AvgIpc) is 2.34. The van der Waals surface area contributed by atoms with Crippen molar-refractivity contribution in [2.24, 2.45) is 11.7 Å². The number of piperidine rings is 1. The van der Waals surface area contributed by atoms with Crippen molar-refractivity contribution in [3.05, 3.63) is 34.6 Å². The van der Waals surface area contributed by atoms with Gasteiger partial charge in [-0.3, -0.25) is 4.90 Å². The molecule has 2 N–H and O–H groups in total. The molecule has 1 aromatic carbocycles. The van der Waals surface area contributed by atoms with E-state index in [1.807, 2.05) is 0 Å². The van der Waals surface area contributed by atoms with Gasteiger partial charge in [-0.1, -0.05) is 11.6 Å². The van der Waals surface area contributed by atoms with Crippen LogP contribution in [0.15, 0.2) is 18.2 Å². The number of likely N-dealkylation sites (tertiary alicyclic amines) is 1. The molecule has 1 heterocycles. The molecule has 2 nitrogen and oxygen atoms in total. The van der Waals surface area contributed by atoms with Gasteiger partial charge in [0.15, 0.2) is 0 Å². The van der Waals surface area contributed by atoms with Gasteiger partial charge in [-0.15, -0.1) is 0 Å². The van der Waals surface area contributed by atoms with Crippen LogP contribution in [0.3, 0.4) is 0 Å². The van der Waals surface area contributed by atoms with Crippen molar-refractivity contribution in [1.29, 1.82) is 0 Å². The van der Waals surface area contributed by atoms with E-state index in [1.54, 1.807) is 6.07 Å².